The third-order valence-electron chi connectivity index (χ3n) is 11.3. The number of carbonyl (C=O) groups excluding carboxylic acids is 1. The fraction of sp³-hybridized carbons (Fsp3) is 0.104. The van der Waals surface area contributed by atoms with Gasteiger partial charge in [0.2, 0.25) is 5.78 Å². The Bertz CT molecular complexity index is 2880. The highest BCUT2D eigenvalue weighted by Gasteiger charge is 2.52. The molecule has 71 heavy (non-hydrogen) atoms. The van der Waals surface area contributed by atoms with Crippen LogP contribution in [0.2, 0.25) is 0 Å². The Kier molecular flexibility index (Phi) is 15.2. The van der Waals surface area contributed by atoms with Gasteiger partial charge in [0.1, 0.15) is 52.7 Å². The van der Waals surface area contributed by atoms with E-state index >= 15 is 35.1 Å². The summed E-state index contributed by atoms with van der Waals surface area (Å²) >= 11 is 0. The van der Waals surface area contributed by atoms with Gasteiger partial charge in [-0.3, -0.25) is 4.79 Å². The molecule has 0 atom stereocenters. The van der Waals surface area contributed by atoms with E-state index in [1.807, 2.05) is 30.3 Å². The zero-order valence-electron chi connectivity index (χ0n) is 36.0. The van der Waals surface area contributed by atoms with Crippen LogP contribution in [0.1, 0.15) is 32.6 Å². The zero-order chi connectivity index (χ0) is 53.0. The van der Waals surface area contributed by atoms with Gasteiger partial charge in [-0.25, -0.2) is 87.8 Å². The molecule has 7 aromatic carbocycles. The molecule has 0 fully saturated rings. The first kappa shape index (κ1) is 53.6. The number of hydrogen-bond donors (Lipinski definition) is 0. The molecular formula is C48H25BF20OS. The maximum absolute atomic E-state index is 15.4. The van der Waals surface area contributed by atoms with Crippen molar-refractivity contribution in [3.63, 3.8) is 0 Å². The van der Waals surface area contributed by atoms with Gasteiger partial charge < -0.3 is 0 Å². The van der Waals surface area contributed by atoms with E-state index in [-0.39, 0.29) is 16.7 Å². The van der Waals surface area contributed by atoms with E-state index in [1.54, 1.807) is 0 Å². The number of hydrogen-bond acceptors (Lipinski definition) is 1. The molecule has 0 spiro atoms. The summed E-state index contributed by atoms with van der Waals surface area (Å²) in [4.78, 5) is 15.6. The van der Waals surface area contributed by atoms with Crippen LogP contribution in [0.5, 0.6) is 0 Å². The summed E-state index contributed by atoms with van der Waals surface area (Å²) in [5.41, 5.74) is -8.56. The molecule has 0 saturated heterocycles. The summed E-state index contributed by atoms with van der Waals surface area (Å²) in [7, 11) is -0.275. The number of halogens is 20. The Morgan fingerprint density at radius 3 is 0.845 bits per heavy atom. The molecule has 0 aromatic heterocycles. The van der Waals surface area contributed by atoms with E-state index in [0.717, 1.165) is 5.56 Å². The molecule has 0 aliphatic carbocycles. The van der Waals surface area contributed by atoms with Crippen LogP contribution in [-0.2, 0) is 10.9 Å². The van der Waals surface area contributed by atoms with Crippen molar-refractivity contribution in [2.45, 2.75) is 37.5 Å². The van der Waals surface area contributed by atoms with Crippen molar-refractivity contribution in [3.05, 3.63) is 211 Å². The van der Waals surface area contributed by atoms with Gasteiger partial charge in [-0.15, -0.1) is 21.9 Å². The van der Waals surface area contributed by atoms with Gasteiger partial charge in [0.25, 0.3) is 0 Å². The normalized spacial score (nSPS) is 11.6. The highest BCUT2D eigenvalue weighted by molar-refractivity contribution is 7.97. The second-order valence-electron chi connectivity index (χ2n) is 15.7. The van der Waals surface area contributed by atoms with Gasteiger partial charge in [-0.1, -0.05) is 54.6 Å². The van der Waals surface area contributed by atoms with E-state index in [0.29, 0.717) is 5.75 Å². The molecule has 0 unspecified atom stereocenters. The topological polar surface area (TPSA) is 17.1 Å². The summed E-state index contributed by atoms with van der Waals surface area (Å²) in [6.07, 6.45) is -7.22. The van der Waals surface area contributed by atoms with Crippen molar-refractivity contribution in [2.24, 2.45) is 0 Å². The molecule has 0 N–H and O–H groups in total. The Morgan fingerprint density at radius 2 is 0.592 bits per heavy atom. The molecule has 0 amide bonds. The highest BCUT2D eigenvalue weighted by Crippen LogP contribution is 2.33. The SMILES string of the molecule is Cc1ccc(C)c([S+](CC(=O)c2ccccc2)c2cc(C)ccc2C)c1.Fc1c(F)c(F)c([B-](c2c(F)c(F)c(F)c(F)c2F)(c2c(F)c(F)c(F)c(F)c2F)c2c(F)c(F)c(F)c(F)c2F)c(F)c1F. The minimum Gasteiger partial charge on any atom is -0.289 e. The van der Waals surface area contributed by atoms with Crippen LogP contribution in [0, 0.1) is 144 Å². The molecule has 0 aliphatic heterocycles. The first-order chi connectivity index (χ1) is 33.2. The third-order valence-corrected chi connectivity index (χ3v) is 13.8. The summed E-state index contributed by atoms with van der Waals surface area (Å²) < 4.78 is 294. The van der Waals surface area contributed by atoms with Gasteiger partial charge in [0.05, 0.1) is 10.9 Å². The summed E-state index contributed by atoms with van der Waals surface area (Å²) in [6.45, 7) is 8.53. The van der Waals surface area contributed by atoms with Gasteiger partial charge in [-0.05, 0) is 51.0 Å². The zero-order valence-corrected chi connectivity index (χ0v) is 36.8. The first-order valence-corrected chi connectivity index (χ1v) is 21.2. The molecule has 7 rings (SSSR count). The Hall–Kier alpha value is -6.78. The van der Waals surface area contributed by atoms with Crippen LogP contribution in [-0.4, -0.2) is 17.7 Å². The smallest absolute Gasteiger partial charge is 0.212 e. The first-order valence-electron chi connectivity index (χ1n) is 19.8. The Balaban J connectivity index is 0.000000268. The molecule has 0 aliphatic rings. The van der Waals surface area contributed by atoms with Gasteiger partial charge in [0.15, 0.2) is 85.4 Å². The summed E-state index contributed by atoms with van der Waals surface area (Å²) in [5.74, 6) is -70.7. The number of carbonyl (C=O) groups is 1. The molecular weight excluding hydrogens is 1020 g/mol. The summed E-state index contributed by atoms with van der Waals surface area (Å²) in [5, 5.41) is 0. The molecule has 0 heterocycles. The van der Waals surface area contributed by atoms with Crippen LogP contribution >= 0.6 is 0 Å². The lowest BCUT2D eigenvalue weighted by Crippen LogP contribution is -2.81. The largest absolute Gasteiger partial charge is 0.289 e. The van der Waals surface area contributed by atoms with Crippen molar-refractivity contribution in [1.29, 1.82) is 0 Å². The van der Waals surface area contributed by atoms with Crippen molar-refractivity contribution < 1.29 is 92.6 Å². The summed E-state index contributed by atoms with van der Waals surface area (Å²) in [6, 6.07) is 22.8. The van der Waals surface area contributed by atoms with Crippen LogP contribution < -0.4 is 21.9 Å². The van der Waals surface area contributed by atoms with E-state index in [1.165, 1.54) is 32.0 Å². The fourth-order valence-electron chi connectivity index (χ4n) is 7.93. The van der Waals surface area contributed by atoms with Crippen molar-refractivity contribution in [1.82, 2.24) is 0 Å². The molecule has 1 nitrogen and oxygen atoms in total. The number of rotatable bonds is 9. The van der Waals surface area contributed by atoms with Crippen molar-refractivity contribution >= 4 is 44.7 Å². The van der Waals surface area contributed by atoms with E-state index in [9.17, 15) is 57.5 Å². The predicted octanol–water partition coefficient (Wildman–Crippen LogP) is 11.7. The number of ketones is 1. The van der Waals surface area contributed by atoms with E-state index in [4.69, 9.17) is 0 Å². The van der Waals surface area contributed by atoms with Crippen LogP contribution in [0.3, 0.4) is 0 Å². The lowest BCUT2D eigenvalue weighted by molar-refractivity contribution is 0.102. The molecule has 0 radical (unpaired) electrons. The average molecular weight is 1040 g/mol. The maximum atomic E-state index is 15.4. The second-order valence-corrected chi connectivity index (χ2v) is 17.6. The number of Topliss-reactive ketones (excluding diaryl/α,β-unsaturated/α-hetero) is 1. The second kappa shape index (κ2) is 20.1. The minimum atomic E-state index is -7.22. The molecule has 23 heteroatoms. The maximum Gasteiger partial charge on any atom is 0.212 e. The molecule has 372 valence electrons. The number of aryl methyl sites for hydroxylation is 4. The predicted molar refractivity (Wildman–Crippen MR) is 221 cm³/mol. The molecule has 0 saturated carbocycles. The average Bonchev–Trinajstić information content (AvgIpc) is 3.35. The standard InChI is InChI=1S/C24BF20.C24H25OS/c26-5-1(6(27)14(35)21(42)13(5)34)25(2-7(28)15(36)22(43)16(37)8(2)29,3-9(30)17(38)23(44)18(39)10(3)31)4-11(32)19(40)24(45)20(41)12(4)33;1-17-10-12-19(3)23(14-17)26(24-15-18(2)11-13-20(24)4)16-22(25)21-8-6-5-7-9-21/h;5-15H,16H2,1-4H3/q-1;+1. The van der Waals surface area contributed by atoms with Gasteiger partial charge in [0, 0.05) is 16.7 Å². The fourth-order valence-corrected chi connectivity index (χ4v) is 10.5. The Morgan fingerprint density at radius 1 is 0.352 bits per heavy atom. The van der Waals surface area contributed by atoms with Crippen molar-refractivity contribution in [2.75, 3.05) is 5.75 Å². The van der Waals surface area contributed by atoms with E-state index in [2.05, 4.69) is 64.1 Å². The van der Waals surface area contributed by atoms with Gasteiger partial charge in [-0.2, -0.15) is 0 Å². The van der Waals surface area contributed by atoms with Crippen LogP contribution in [0.25, 0.3) is 0 Å². The highest BCUT2D eigenvalue weighted by atomic mass is 32.2. The quantitative estimate of drug-likeness (QED) is 0.0352. The van der Waals surface area contributed by atoms with Crippen LogP contribution in [0.15, 0.2) is 76.5 Å². The van der Waals surface area contributed by atoms with Crippen molar-refractivity contribution in [3.8, 4) is 0 Å². The molecule has 7 aromatic rings. The monoisotopic (exact) mass is 1040 g/mol. The lowest BCUT2D eigenvalue weighted by atomic mass is 9.12. The third kappa shape index (κ3) is 8.90. The minimum absolute atomic E-state index is 0.204. The number of benzene rings is 7. The van der Waals surface area contributed by atoms with Crippen LogP contribution in [0.4, 0.5) is 87.8 Å². The van der Waals surface area contributed by atoms with Gasteiger partial charge >= 0.3 is 0 Å². The lowest BCUT2D eigenvalue weighted by Gasteiger charge is -2.44. The molecule has 0 bridgehead atoms. The Labute approximate surface area is 390 Å². The van der Waals surface area contributed by atoms with E-state index < -0.39 is 144 Å².